The first-order valence-electron chi connectivity index (χ1n) is 5.44. The maximum Gasteiger partial charge on any atom is 0.0455 e. The molecule has 0 bridgehead atoms. The Morgan fingerprint density at radius 1 is 1.40 bits per heavy atom. The van der Waals surface area contributed by atoms with Crippen LogP contribution in [0.5, 0.6) is 0 Å². The predicted molar refractivity (Wildman–Crippen MR) is 65.4 cm³/mol. The molecule has 1 aliphatic rings. The van der Waals surface area contributed by atoms with E-state index >= 15 is 0 Å². The molecule has 0 saturated heterocycles. The fraction of sp³-hybridized carbons (Fsp3) is 0.500. The molecule has 2 atom stereocenters. The van der Waals surface area contributed by atoms with Crippen molar-refractivity contribution >= 4 is 17.3 Å². The summed E-state index contributed by atoms with van der Waals surface area (Å²) in [6.45, 7) is 2.04. The molecule has 2 nitrogen and oxygen atoms in total. The van der Waals surface area contributed by atoms with Gasteiger partial charge in [0.25, 0.3) is 0 Å². The van der Waals surface area contributed by atoms with Gasteiger partial charge >= 0.3 is 0 Å². The van der Waals surface area contributed by atoms with Gasteiger partial charge in [0.15, 0.2) is 0 Å². The molecule has 1 saturated carbocycles. The Morgan fingerprint density at radius 3 is 2.87 bits per heavy atom. The fourth-order valence-electron chi connectivity index (χ4n) is 2.13. The maximum absolute atomic E-state index is 6.06. The molecule has 82 valence electrons. The van der Waals surface area contributed by atoms with Gasteiger partial charge in [0.05, 0.1) is 0 Å². The molecule has 3 N–H and O–H groups in total. The quantitative estimate of drug-likeness (QED) is 0.811. The highest BCUT2D eigenvalue weighted by Gasteiger charge is 2.21. The van der Waals surface area contributed by atoms with Gasteiger partial charge in [0, 0.05) is 22.8 Å². The van der Waals surface area contributed by atoms with Crippen molar-refractivity contribution in [1.29, 1.82) is 0 Å². The molecular formula is C12H17ClN2. The van der Waals surface area contributed by atoms with Gasteiger partial charge < -0.3 is 11.1 Å². The van der Waals surface area contributed by atoms with Crippen LogP contribution in [0.4, 0.5) is 5.69 Å². The van der Waals surface area contributed by atoms with Gasteiger partial charge in [-0.2, -0.15) is 0 Å². The molecule has 2 unspecified atom stereocenters. The number of nitrogens with one attached hydrogen (secondary N) is 1. The van der Waals surface area contributed by atoms with Gasteiger partial charge in [0.1, 0.15) is 0 Å². The number of benzene rings is 1. The smallest absolute Gasteiger partial charge is 0.0455 e. The molecule has 1 aliphatic carbocycles. The number of anilines is 1. The minimum absolute atomic E-state index is 0.363. The lowest BCUT2D eigenvalue weighted by molar-refractivity contribution is 0.687. The zero-order valence-electron chi connectivity index (χ0n) is 8.96. The Balaban J connectivity index is 2.07. The third-order valence-electron chi connectivity index (χ3n) is 3.10. The molecule has 1 fully saturated rings. The van der Waals surface area contributed by atoms with Crippen LogP contribution in [-0.4, -0.2) is 12.1 Å². The molecule has 1 aromatic rings. The zero-order chi connectivity index (χ0) is 10.8. The average molecular weight is 225 g/mol. The number of hydrogen-bond donors (Lipinski definition) is 2. The van der Waals surface area contributed by atoms with E-state index in [0.29, 0.717) is 12.1 Å². The van der Waals surface area contributed by atoms with E-state index < -0.39 is 0 Å². The van der Waals surface area contributed by atoms with Crippen molar-refractivity contribution in [3.05, 3.63) is 28.8 Å². The van der Waals surface area contributed by atoms with Crippen molar-refractivity contribution < 1.29 is 0 Å². The lowest BCUT2D eigenvalue weighted by Gasteiger charge is -2.16. The zero-order valence-corrected chi connectivity index (χ0v) is 9.72. The van der Waals surface area contributed by atoms with Crippen LogP contribution < -0.4 is 11.1 Å². The second-order valence-electron chi connectivity index (χ2n) is 4.33. The minimum atomic E-state index is 0.363. The van der Waals surface area contributed by atoms with Gasteiger partial charge in [-0.15, -0.1) is 0 Å². The number of nitrogens with two attached hydrogens (primary N) is 1. The highest BCUT2D eigenvalue weighted by molar-refractivity contribution is 6.31. The third kappa shape index (κ3) is 2.44. The molecule has 1 aromatic carbocycles. The van der Waals surface area contributed by atoms with Crippen LogP contribution in [0.25, 0.3) is 0 Å². The van der Waals surface area contributed by atoms with Crippen molar-refractivity contribution in [2.24, 2.45) is 5.73 Å². The van der Waals surface area contributed by atoms with Crippen LogP contribution in [0.3, 0.4) is 0 Å². The first-order chi connectivity index (χ1) is 7.16. The summed E-state index contributed by atoms with van der Waals surface area (Å²) in [5, 5.41) is 4.34. The first-order valence-corrected chi connectivity index (χ1v) is 5.82. The lowest BCUT2D eigenvalue weighted by Crippen LogP contribution is -2.21. The van der Waals surface area contributed by atoms with Gasteiger partial charge in [-0.1, -0.05) is 17.7 Å². The molecule has 0 amide bonds. The third-order valence-corrected chi connectivity index (χ3v) is 3.51. The van der Waals surface area contributed by atoms with E-state index in [1.807, 2.05) is 19.1 Å². The van der Waals surface area contributed by atoms with Crippen LogP contribution in [-0.2, 0) is 0 Å². The largest absolute Gasteiger partial charge is 0.382 e. The molecule has 0 aromatic heterocycles. The molecule has 0 heterocycles. The average Bonchev–Trinajstić information content (AvgIpc) is 2.59. The molecule has 2 rings (SSSR count). The first kappa shape index (κ1) is 10.8. The van der Waals surface area contributed by atoms with Crippen LogP contribution in [0.15, 0.2) is 18.2 Å². The topological polar surface area (TPSA) is 38.0 Å². The highest BCUT2D eigenvalue weighted by atomic mass is 35.5. The Labute approximate surface area is 95.8 Å². The Hall–Kier alpha value is -0.730. The van der Waals surface area contributed by atoms with E-state index in [-0.39, 0.29) is 0 Å². The molecule has 0 spiro atoms. The Bertz CT molecular complexity index is 351. The summed E-state index contributed by atoms with van der Waals surface area (Å²) < 4.78 is 0. The van der Waals surface area contributed by atoms with Crippen molar-refractivity contribution in [3.63, 3.8) is 0 Å². The van der Waals surface area contributed by atoms with Crippen LogP contribution >= 0.6 is 11.6 Å². The van der Waals surface area contributed by atoms with Crippen LogP contribution in [0, 0.1) is 6.92 Å². The SMILES string of the molecule is Cc1c(Cl)cccc1NC1CCC(N)C1. The van der Waals surface area contributed by atoms with Crippen LogP contribution in [0.1, 0.15) is 24.8 Å². The molecule has 3 heteroatoms. The van der Waals surface area contributed by atoms with Crippen LogP contribution in [0.2, 0.25) is 5.02 Å². The van der Waals surface area contributed by atoms with E-state index in [1.54, 1.807) is 0 Å². The second kappa shape index (κ2) is 4.42. The minimum Gasteiger partial charge on any atom is -0.382 e. The summed E-state index contributed by atoms with van der Waals surface area (Å²) in [4.78, 5) is 0. The summed E-state index contributed by atoms with van der Waals surface area (Å²) in [5.74, 6) is 0. The van der Waals surface area contributed by atoms with Crippen molar-refractivity contribution in [2.45, 2.75) is 38.3 Å². The predicted octanol–water partition coefficient (Wildman–Crippen LogP) is 2.94. The maximum atomic E-state index is 6.06. The van der Waals surface area contributed by atoms with Gasteiger partial charge in [-0.05, 0) is 43.9 Å². The molecular weight excluding hydrogens is 208 g/mol. The van der Waals surface area contributed by atoms with Gasteiger partial charge in [-0.3, -0.25) is 0 Å². The molecule has 0 radical (unpaired) electrons. The fourth-order valence-corrected chi connectivity index (χ4v) is 2.31. The van der Waals surface area contributed by atoms with E-state index in [9.17, 15) is 0 Å². The monoisotopic (exact) mass is 224 g/mol. The summed E-state index contributed by atoms with van der Waals surface area (Å²) in [6, 6.07) is 6.85. The van der Waals surface area contributed by atoms with Gasteiger partial charge in [0.2, 0.25) is 0 Å². The normalized spacial score (nSPS) is 25.5. The Morgan fingerprint density at radius 2 is 2.20 bits per heavy atom. The number of rotatable bonds is 2. The van der Waals surface area contributed by atoms with Crippen molar-refractivity contribution in [1.82, 2.24) is 0 Å². The summed E-state index contributed by atoms with van der Waals surface area (Å²) in [7, 11) is 0. The van der Waals surface area contributed by atoms with Crippen molar-refractivity contribution in [3.8, 4) is 0 Å². The van der Waals surface area contributed by atoms with E-state index in [0.717, 1.165) is 35.5 Å². The van der Waals surface area contributed by atoms with E-state index in [1.165, 1.54) is 0 Å². The van der Waals surface area contributed by atoms with E-state index in [2.05, 4.69) is 11.4 Å². The standard InChI is InChI=1S/C12H17ClN2/c1-8-11(13)3-2-4-12(8)15-10-6-5-9(14)7-10/h2-4,9-10,15H,5-7,14H2,1H3. The molecule has 0 aliphatic heterocycles. The number of hydrogen-bond acceptors (Lipinski definition) is 2. The number of halogens is 1. The Kier molecular flexibility index (Phi) is 3.17. The van der Waals surface area contributed by atoms with E-state index in [4.69, 9.17) is 17.3 Å². The lowest BCUT2D eigenvalue weighted by atomic mass is 10.1. The van der Waals surface area contributed by atoms with Crippen molar-refractivity contribution in [2.75, 3.05) is 5.32 Å². The van der Waals surface area contributed by atoms with Gasteiger partial charge in [-0.25, -0.2) is 0 Å². The second-order valence-corrected chi connectivity index (χ2v) is 4.73. The molecule has 15 heavy (non-hydrogen) atoms. The summed E-state index contributed by atoms with van der Waals surface area (Å²) in [6.07, 6.45) is 3.34. The summed E-state index contributed by atoms with van der Waals surface area (Å²) in [5.41, 5.74) is 8.15. The summed E-state index contributed by atoms with van der Waals surface area (Å²) >= 11 is 6.06. The highest BCUT2D eigenvalue weighted by Crippen LogP contribution is 2.27.